The van der Waals surface area contributed by atoms with Gasteiger partial charge in [0, 0.05) is 7.05 Å². The van der Waals surface area contributed by atoms with Crippen molar-refractivity contribution in [3.8, 4) is 23.5 Å². The van der Waals surface area contributed by atoms with Crippen molar-refractivity contribution < 1.29 is 0 Å². The second-order valence-corrected chi connectivity index (χ2v) is 6.75. The minimum atomic E-state index is -0.442. The number of nitrogens with one attached hydrogen (secondary N) is 1. The van der Waals surface area contributed by atoms with Crippen LogP contribution < -0.4 is 22.5 Å². The van der Waals surface area contributed by atoms with E-state index in [1.165, 1.54) is 4.68 Å². The van der Waals surface area contributed by atoms with Crippen molar-refractivity contribution in [3.05, 3.63) is 63.0 Å². The molecule has 1 aromatic carbocycles. The highest BCUT2D eigenvalue weighted by Gasteiger charge is 2.23. The highest BCUT2D eigenvalue weighted by molar-refractivity contribution is 5.94. The highest BCUT2D eigenvalue weighted by atomic mass is 16.1. The predicted molar refractivity (Wildman–Crippen MR) is 112 cm³/mol. The van der Waals surface area contributed by atoms with Crippen molar-refractivity contribution in [3.63, 3.8) is 0 Å². The maximum Gasteiger partial charge on any atom is 0.297 e. The Morgan fingerprint density at radius 1 is 1.06 bits per heavy atom. The smallest absolute Gasteiger partial charge is 0.297 e. The lowest BCUT2D eigenvalue weighted by atomic mass is 10.1. The molecule has 0 saturated carbocycles. The first-order valence-electron chi connectivity index (χ1n) is 9.03. The fourth-order valence-electron chi connectivity index (χ4n) is 3.44. The van der Waals surface area contributed by atoms with Gasteiger partial charge in [-0.15, -0.1) is 0 Å². The van der Waals surface area contributed by atoms with Gasteiger partial charge in [-0.2, -0.15) is 15.6 Å². The van der Waals surface area contributed by atoms with Gasteiger partial charge in [0.2, 0.25) is 0 Å². The van der Waals surface area contributed by atoms with Gasteiger partial charge in [0.25, 0.3) is 5.56 Å². The molecule has 3 aromatic heterocycles. The third-order valence-electron chi connectivity index (χ3n) is 5.08. The number of anilines is 2. The molecule has 0 aliphatic carbocycles. The number of para-hydroxylation sites is 1. The minimum Gasteiger partial charge on any atom is -0.396 e. The summed E-state index contributed by atoms with van der Waals surface area (Å²) >= 11 is 0. The Morgan fingerprint density at radius 3 is 2.32 bits per heavy atom. The zero-order valence-electron chi connectivity index (χ0n) is 16.6. The third kappa shape index (κ3) is 2.65. The summed E-state index contributed by atoms with van der Waals surface area (Å²) in [5, 5.41) is 31.9. The molecule has 0 aliphatic heterocycles. The normalized spacial score (nSPS) is 10.7. The monoisotopic (exact) mass is 412 g/mol. The maximum absolute atomic E-state index is 13.4. The first-order valence-corrected chi connectivity index (χ1v) is 9.03. The van der Waals surface area contributed by atoms with Gasteiger partial charge in [-0.1, -0.05) is 18.2 Å². The van der Waals surface area contributed by atoms with Crippen LogP contribution in [0.3, 0.4) is 0 Å². The van der Waals surface area contributed by atoms with Crippen molar-refractivity contribution in [1.29, 1.82) is 15.9 Å². The van der Waals surface area contributed by atoms with Crippen LogP contribution in [0.15, 0.2) is 35.1 Å². The Morgan fingerprint density at radius 2 is 1.71 bits per heavy atom. The Hall–Kier alpha value is -4.90. The van der Waals surface area contributed by atoms with E-state index in [2.05, 4.69) is 10.1 Å². The van der Waals surface area contributed by atoms with Crippen LogP contribution in [-0.2, 0) is 7.05 Å². The standard InChI is InChI=1S/C20H16N10O/c1-10-17(20(31)30(28(10)2)11-6-4-3-5-7-11)29-19(25)13(9-22)15-16(27-29)14(23)12(8-21)18(24)26-15/h3-7,25H,23H2,1-2H3,(H2,24,26). The number of nitrogens with two attached hydrogens (primary N) is 2. The van der Waals surface area contributed by atoms with E-state index in [4.69, 9.17) is 16.9 Å². The summed E-state index contributed by atoms with van der Waals surface area (Å²) in [7, 11) is 1.70. The molecule has 0 saturated heterocycles. The molecule has 31 heavy (non-hydrogen) atoms. The summed E-state index contributed by atoms with van der Waals surface area (Å²) in [5.41, 5.74) is 11.9. The van der Waals surface area contributed by atoms with Crippen LogP contribution in [0.2, 0.25) is 0 Å². The number of hydrogen-bond donors (Lipinski definition) is 3. The first kappa shape index (κ1) is 19.4. The van der Waals surface area contributed by atoms with Crippen LogP contribution in [0, 0.1) is 35.0 Å². The van der Waals surface area contributed by atoms with Gasteiger partial charge < -0.3 is 11.5 Å². The number of nitriles is 2. The summed E-state index contributed by atoms with van der Waals surface area (Å²) in [5.74, 6) is -0.162. The van der Waals surface area contributed by atoms with Gasteiger partial charge >= 0.3 is 0 Å². The Balaban J connectivity index is 2.15. The van der Waals surface area contributed by atoms with E-state index in [1.807, 2.05) is 18.2 Å². The topological polar surface area (TPSA) is 181 Å². The Kier molecular flexibility index (Phi) is 4.30. The molecule has 3 heterocycles. The number of nitrogens with zero attached hydrogens (tertiary/aromatic N) is 7. The molecule has 4 rings (SSSR count). The fraction of sp³-hybridized carbons (Fsp3) is 0.100. The molecule has 152 valence electrons. The van der Waals surface area contributed by atoms with Crippen LogP contribution in [0.25, 0.3) is 22.4 Å². The number of nitrogen functional groups attached to an aromatic ring is 2. The number of hydrogen-bond acceptors (Lipinski definition) is 8. The fourth-order valence-corrected chi connectivity index (χ4v) is 3.44. The van der Waals surface area contributed by atoms with Crippen LogP contribution in [0.1, 0.15) is 16.8 Å². The predicted octanol–water partition coefficient (Wildman–Crippen LogP) is 0.606. The number of benzene rings is 1. The van der Waals surface area contributed by atoms with Crippen molar-refractivity contribution in [2.45, 2.75) is 6.92 Å². The number of aromatic nitrogens is 5. The van der Waals surface area contributed by atoms with Gasteiger partial charge in [-0.25, -0.2) is 14.3 Å². The minimum absolute atomic E-state index is 0.00489. The van der Waals surface area contributed by atoms with Crippen LogP contribution >= 0.6 is 0 Å². The number of pyridine rings is 1. The summed E-state index contributed by atoms with van der Waals surface area (Å²) in [6.45, 7) is 1.70. The number of fused-ring (bicyclic) bond motifs is 1. The van der Waals surface area contributed by atoms with E-state index in [1.54, 1.807) is 42.9 Å². The van der Waals surface area contributed by atoms with Crippen LogP contribution in [0.5, 0.6) is 0 Å². The maximum atomic E-state index is 13.4. The zero-order chi connectivity index (χ0) is 22.4. The van der Waals surface area contributed by atoms with Crippen LogP contribution in [-0.4, -0.2) is 24.1 Å². The van der Waals surface area contributed by atoms with Crippen molar-refractivity contribution in [2.75, 3.05) is 11.5 Å². The molecule has 0 unspecified atom stereocenters. The van der Waals surface area contributed by atoms with Gasteiger partial charge in [-0.05, 0) is 19.1 Å². The van der Waals surface area contributed by atoms with Crippen molar-refractivity contribution in [2.24, 2.45) is 7.05 Å². The molecule has 4 aromatic rings. The average molecular weight is 412 g/mol. The lowest BCUT2D eigenvalue weighted by molar-refractivity contribution is 0.630. The molecule has 0 radical (unpaired) electrons. The second-order valence-electron chi connectivity index (χ2n) is 6.75. The van der Waals surface area contributed by atoms with E-state index < -0.39 is 5.56 Å². The molecule has 5 N–H and O–H groups in total. The largest absolute Gasteiger partial charge is 0.396 e. The molecule has 0 aliphatic rings. The van der Waals surface area contributed by atoms with Crippen molar-refractivity contribution in [1.82, 2.24) is 24.1 Å². The summed E-state index contributed by atoms with van der Waals surface area (Å²) in [6.07, 6.45) is 0. The Labute approximate surface area is 175 Å². The van der Waals surface area contributed by atoms with Gasteiger partial charge in [0.1, 0.15) is 40.1 Å². The van der Waals surface area contributed by atoms with E-state index in [0.717, 1.165) is 4.68 Å². The summed E-state index contributed by atoms with van der Waals surface area (Å²) in [6, 6.07) is 12.8. The van der Waals surface area contributed by atoms with E-state index in [0.29, 0.717) is 11.4 Å². The van der Waals surface area contributed by atoms with E-state index in [9.17, 15) is 15.3 Å². The quantitative estimate of drug-likeness (QED) is 0.431. The Bertz CT molecular complexity index is 1580. The van der Waals surface area contributed by atoms with Crippen LogP contribution in [0.4, 0.5) is 11.5 Å². The van der Waals surface area contributed by atoms with Gasteiger partial charge in [0.15, 0.2) is 11.2 Å². The average Bonchev–Trinajstić information content (AvgIpc) is 2.97. The molecule has 0 fully saturated rings. The molecule has 11 nitrogen and oxygen atoms in total. The lowest BCUT2D eigenvalue weighted by Crippen LogP contribution is -2.30. The SMILES string of the molecule is Cc1c(-n2nc3c(N)c(C#N)c(N)nc3c(C#N)c2=N)c(=O)n(-c2ccccc2)n1C. The molecule has 0 atom stereocenters. The molecule has 0 spiro atoms. The van der Waals surface area contributed by atoms with E-state index >= 15 is 0 Å². The zero-order valence-corrected chi connectivity index (χ0v) is 16.6. The second kappa shape index (κ2) is 6.86. The van der Waals surface area contributed by atoms with Gasteiger partial charge in [-0.3, -0.25) is 14.9 Å². The molecular weight excluding hydrogens is 396 g/mol. The molecule has 11 heteroatoms. The summed E-state index contributed by atoms with van der Waals surface area (Å²) in [4.78, 5) is 17.4. The molecule has 0 amide bonds. The highest BCUT2D eigenvalue weighted by Crippen LogP contribution is 2.26. The summed E-state index contributed by atoms with van der Waals surface area (Å²) < 4.78 is 4.11. The van der Waals surface area contributed by atoms with Crippen molar-refractivity contribution >= 4 is 22.5 Å². The molecule has 0 bridgehead atoms. The van der Waals surface area contributed by atoms with Gasteiger partial charge in [0.05, 0.1) is 17.1 Å². The third-order valence-corrected chi connectivity index (χ3v) is 5.08. The van der Waals surface area contributed by atoms with E-state index in [-0.39, 0.29) is 44.8 Å². The number of rotatable bonds is 2. The molecular formula is C20H16N10O. The first-order chi connectivity index (χ1) is 14.8. The lowest BCUT2D eigenvalue weighted by Gasteiger charge is -2.11.